The Morgan fingerprint density at radius 1 is 1.23 bits per heavy atom. The first-order chi connectivity index (χ1) is 12.4. The van der Waals surface area contributed by atoms with Crippen LogP contribution < -0.4 is 16.4 Å². The lowest BCUT2D eigenvalue weighted by Crippen LogP contribution is -2.27. The first kappa shape index (κ1) is 17.3. The molecule has 4 N–H and O–H groups in total. The number of aromatic nitrogens is 3. The molecule has 3 heterocycles. The van der Waals surface area contributed by atoms with Gasteiger partial charge in [-0.05, 0) is 36.4 Å². The third-order valence-corrected chi connectivity index (χ3v) is 6.02. The van der Waals surface area contributed by atoms with Crippen LogP contribution in [-0.4, -0.2) is 34.6 Å². The number of piperidine rings is 1. The summed E-state index contributed by atoms with van der Waals surface area (Å²) in [5, 5.41) is 0.233. The van der Waals surface area contributed by atoms with Crippen LogP contribution in [0.15, 0.2) is 34.4 Å². The average molecular weight is 382 g/mol. The molecule has 2 unspecified atom stereocenters. The number of hydrogen-bond acceptors (Lipinski definition) is 7. The average Bonchev–Trinajstić information content (AvgIpc) is 3.07. The number of nitrogen functional groups attached to an aromatic ring is 1. The van der Waals surface area contributed by atoms with E-state index >= 15 is 0 Å². The number of anilines is 2. The van der Waals surface area contributed by atoms with E-state index in [0.29, 0.717) is 30.1 Å². The third kappa shape index (κ3) is 3.07. The maximum absolute atomic E-state index is 13.1. The predicted molar refractivity (Wildman–Crippen MR) is 91.5 cm³/mol. The lowest BCUT2D eigenvalue weighted by Gasteiger charge is -2.21. The maximum atomic E-state index is 13.1. The van der Waals surface area contributed by atoms with Gasteiger partial charge in [-0.2, -0.15) is 13.2 Å². The van der Waals surface area contributed by atoms with Crippen LogP contribution in [0.3, 0.4) is 0 Å². The predicted octanol–water partition coefficient (Wildman–Crippen LogP) is 2.26. The summed E-state index contributed by atoms with van der Waals surface area (Å²) in [6.45, 7) is 2.45. The molecule has 0 aromatic carbocycles. The summed E-state index contributed by atoms with van der Waals surface area (Å²) in [5.74, 6) is 2.55. The smallest absolute Gasteiger partial charge is 0.381 e. The number of nitrogens with two attached hydrogens (primary N) is 2. The van der Waals surface area contributed by atoms with Gasteiger partial charge < -0.3 is 16.4 Å². The topological polar surface area (TPSA) is 94.0 Å². The molecular weight excluding hydrogens is 365 g/mol. The van der Waals surface area contributed by atoms with E-state index in [-0.39, 0.29) is 15.7 Å². The zero-order chi connectivity index (χ0) is 18.5. The minimum Gasteiger partial charge on any atom is -0.381 e. The molecule has 2 fully saturated rings. The Morgan fingerprint density at radius 2 is 1.96 bits per heavy atom. The van der Waals surface area contributed by atoms with Gasteiger partial charge in [0, 0.05) is 24.2 Å². The van der Waals surface area contributed by atoms with Crippen molar-refractivity contribution in [2.45, 2.75) is 16.1 Å². The lowest BCUT2D eigenvalue weighted by molar-refractivity contribution is -0.143. The summed E-state index contributed by atoms with van der Waals surface area (Å²) in [5.41, 5.74) is 10.7. The first-order valence-electron chi connectivity index (χ1n) is 8.16. The van der Waals surface area contributed by atoms with Crippen LogP contribution in [0.25, 0.3) is 0 Å². The first-order valence-corrected chi connectivity index (χ1v) is 8.97. The van der Waals surface area contributed by atoms with Gasteiger partial charge in [-0.25, -0.2) is 9.97 Å². The highest BCUT2D eigenvalue weighted by atomic mass is 32.2. The van der Waals surface area contributed by atoms with E-state index in [4.69, 9.17) is 11.5 Å². The Morgan fingerprint density at radius 3 is 2.58 bits per heavy atom. The van der Waals surface area contributed by atoms with Crippen LogP contribution in [0.4, 0.5) is 24.8 Å². The van der Waals surface area contributed by atoms with Crippen LogP contribution >= 0.6 is 11.8 Å². The van der Waals surface area contributed by atoms with Gasteiger partial charge in [0.05, 0.1) is 6.20 Å². The highest BCUT2D eigenvalue weighted by molar-refractivity contribution is 7.99. The molecule has 10 heteroatoms. The SMILES string of the molecule is NCC1C2CN(c3cnc(Sc4cccnc4C(F)(F)F)c(N)n3)CC12. The van der Waals surface area contributed by atoms with Crippen molar-refractivity contribution in [1.29, 1.82) is 0 Å². The van der Waals surface area contributed by atoms with E-state index in [9.17, 15) is 13.2 Å². The zero-order valence-corrected chi connectivity index (χ0v) is 14.5. The molecule has 4 rings (SSSR count). The molecule has 0 amide bonds. The molecule has 0 spiro atoms. The van der Waals surface area contributed by atoms with E-state index < -0.39 is 11.9 Å². The number of rotatable bonds is 4. The number of nitrogens with zero attached hydrogens (tertiary/aromatic N) is 4. The van der Waals surface area contributed by atoms with Crippen molar-refractivity contribution in [2.24, 2.45) is 23.5 Å². The molecule has 2 atom stereocenters. The fraction of sp³-hybridized carbons (Fsp3) is 0.438. The van der Waals surface area contributed by atoms with Crippen LogP contribution in [0, 0.1) is 17.8 Å². The zero-order valence-electron chi connectivity index (χ0n) is 13.6. The Balaban J connectivity index is 1.52. The fourth-order valence-electron chi connectivity index (χ4n) is 3.59. The number of halogens is 3. The highest BCUT2D eigenvalue weighted by Gasteiger charge is 2.54. The second kappa shape index (κ2) is 6.27. The van der Waals surface area contributed by atoms with Crippen LogP contribution in [0.5, 0.6) is 0 Å². The second-order valence-corrected chi connectivity index (χ2v) is 7.53. The van der Waals surface area contributed by atoms with Gasteiger partial charge in [-0.1, -0.05) is 11.8 Å². The van der Waals surface area contributed by atoms with E-state index in [1.54, 1.807) is 6.20 Å². The monoisotopic (exact) mass is 382 g/mol. The Kier molecular flexibility index (Phi) is 4.19. The summed E-state index contributed by atoms with van der Waals surface area (Å²) in [7, 11) is 0. The summed E-state index contributed by atoms with van der Waals surface area (Å²) in [6, 6.07) is 2.79. The molecule has 6 nitrogen and oxygen atoms in total. The lowest BCUT2D eigenvalue weighted by atomic mass is 10.2. The Hall–Kier alpha value is -2.07. The van der Waals surface area contributed by atoms with Gasteiger partial charge in [-0.15, -0.1) is 0 Å². The Bertz CT molecular complexity index is 818. The number of pyridine rings is 1. The normalized spacial score (nSPS) is 24.6. The molecule has 1 saturated heterocycles. The van der Waals surface area contributed by atoms with Crippen molar-refractivity contribution < 1.29 is 13.2 Å². The van der Waals surface area contributed by atoms with Gasteiger partial charge in [0.2, 0.25) is 0 Å². The number of fused-ring (bicyclic) bond motifs is 1. The van der Waals surface area contributed by atoms with Gasteiger partial charge >= 0.3 is 6.18 Å². The molecule has 2 aromatic rings. The second-order valence-electron chi connectivity index (χ2n) is 6.50. The highest BCUT2D eigenvalue weighted by Crippen LogP contribution is 2.51. The minimum atomic E-state index is -4.54. The van der Waals surface area contributed by atoms with Gasteiger partial charge in [-0.3, -0.25) is 4.98 Å². The van der Waals surface area contributed by atoms with Crippen molar-refractivity contribution in [2.75, 3.05) is 30.3 Å². The molecule has 0 radical (unpaired) electrons. The van der Waals surface area contributed by atoms with Gasteiger partial charge in [0.1, 0.15) is 10.8 Å². The molecule has 138 valence electrons. The Labute approximate surface area is 152 Å². The van der Waals surface area contributed by atoms with Gasteiger partial charge in [0.15, 0.2) is 11.5 Å². The summed E-state index contributed by atoms with van der Waals surface area (Å²) >= 11 is 0.816. The van der Waals surface area contributed by atoms with Crippen molar-refractivity contribution in [1.82, 2.24) is 15.0 Å². The summed E-state index contributed by atoms with van der Waals surface area (Å²) in [4.78, 5) is 14.1. The number of hydrogen-bond donors (Lipinski definition) is 2. The van der Waals surface area contributed by atoms with Crippen LogP contribution in [0.1, 0.15) is 5.69 Å². The molecular formula is C16H17F3N6S. The quantitative estimate of drug-likeness (QED) is 0.838. The van der Waals surface area contributed by atoms with Crippen molar-refractivity contribution in [3.05, 3.63) is 30.2 Å². The van der Waals surface area contributed by atoms with Crippen LogP contribution in [0.2, 0.25) is 0 Å². The van der Waals surface area contributed by atoms with Crippen molar-refractivity contribution >= 4 is 23.4 Å². The summed E-state index contributed by atoms with van der Waals surface area (Å²) < 4.78 is 39.2. The standard InChI is InChI=1S/C16H17F3N6S/c17-16(18,19)13-11(2-1-3-22-13)26-15-14(21)24-12(5-23-15)25-6-9-8(4-20)10(9)7-25/h1-3,5,8-10H,4,6-7,20H2,(H2,21,24). The van der Waals surface area contributed by atoms with Crippen LogP contribution in [-0.2, 0) is 6.18 Å². The molecule has 2 aromatic heterocycles. The summed E-state index contributed by atoms with van der Waals surface area (Å²) in [6.07, 6.45) is -1.87. The van der Waals surface area contributed by atoms with Crippen molar-refractivity contribution in [3.8, 4) is 0 Å². The third-order valence-electron chi connectivity index (χ3n) is 4.96. The van der Waals surface area contributed by atoms with E-state index in [2.05, 4.69) is 19.9 Å². The molecule has 1 saturated carbocycles. The largest absolute Gasteiger partial charge is 0.434 e. The molecule has 1 aliphatic heterocycles. The van der Waals surface area contributed by atoms with E-state index in [1.165, 1.54) is 12.1 Å². The minimum absolute atomic E-state index is 0.0537. The van der Waals surface area contributed by atoms with Crippen molar-refractivity contribution in [3.63, 3.8) is 0 Å². The molecule has 26 heavy (non-hydrogen) atoms. The van der Waals surface area contributed by atoms with Gasteiger partial charge in [0.25, 0.3) is 0 Å². The van der Waals surface area contributed by atoms with E-state index in [0.717, 1.165) is 31.0 Å². The number of alkyl halides is 3. The maximum Gasteiger partial charge on any atom is 0.434 e. The van der Waals surface area contributed by atoms with E-state index in [1.807, 2.05) is 0 Å². The molecule has 1 aliphatic carbocycles. The molecule has 0 bridgehead atoms. The molecule has 2 aliphatic rings. The fourth-order valence-corrected chi connectivity index (χ4v) is 4.47.